The van der Waals surface area contributed by atoms with Crippen molar-refractivity contribution in [2.45, 2.75) is 70.8 Å². The second-order valence-corrected chi connectivity index (χ2v) is 6.26. The van der Waals surface area contributed by atoms with Crippen molar-refractivity contribution in [3.8, 4) is 0 Å². The number of likely N-dealkylation sites (tertiary alicyclic amines) is 1. The van der Waals surface area contributed by atoms with Gasteiger partial charge in [-0.25, -0.2) is 0 Å². The van der Waals surface area contributed by atoms with E-state index in [0.29, 0.717) is 11.9 Å². The first-order chi connectivity index (χ1) is 9.29. The Bertz CT molecular complexity index is 266. The molecule has 19 heavy (non-hydrogen) atoms. The fourth-order valence-electron chi connectivity index (χ4n) is 3.58. The highest BCUT2D eigenvalue weighted by Crippen LogP contribution is 2.27. The van der Waals surface area contributed by atoms with Gasteiger partial charge in [0, 0.05) is 25.6 Å². The van der Waals surface area contributed by atoms with Crippen LogP contribution in [0.15, 0.2) is 0 Å². The fourth-order valence-corrected chi connectivity index (χ4v) is 3.58. The minimum Gasteiger partial charge on any atom is -0.343 e. The third-order valence-electron chi connectivity index (χ3n) is 4.83. The number of nitrogens with zero attached hydrogens (tertiary/aromatic N) is 1. The first kappa shape index (κ1) is 14.8. The lowest BCUT2D eigenvalue weighted by Crippen LogP contribution is -2.44. The van der Waals surface area contributed by atoms with Crippen molar-refractivity contribution < 1.29 is 4.79 Å². The fraction of sp³-hybridized carbons (Fsp3) is 0.938. The lowest BCUT2D eigenvalue weighted by molar-refractivity contribution is -0.132. The molecule has 1 aliphatic heterocycles. The van der Waals surface area contributed by atoms with Gasteiger partial charge >= 0.3 is 0 Å². The van der Waals surface area contributed by atoms with E-state index in [9.17, 15) is 4.79 Å². The normalized spacial score (nSPS) is 22.7. The summed E-state index contributed by atoms with van der Waals surface area (Å²) in [6.45, 7) is 5.12. The number of piperidine rings is 1. The Labute approximate surface area is 118 Å². The molecule has 110 valence electrons. The predicted octanol–water partition coefficient (Wildman–Crippen LogP) is 2.95. The Morgan fingerprint density at radius 2 is 1.79 bits per heavy atom. The second kappa shape index (κ2) is 7.88. The van der Waals surface area contributed by atoms with Gasteiger partial charge in [-0.1, -0.05) is 39.0 Å². The summed E-state index contributed by atoms with van der Waals surface area (Å²) >= 11 is 0. The maximum absolute atomic E-state index is 12.2. The molecule has 0 aromatic carbocycles. The molecule has 0 spiro atoms. The van der Waals surface area contributed by atoms with E-state index >= 15 is 0 Å². The summed E-state index contributed by atoms with van der Waals surface area (Å²) in [5.74, 6) is 1.23. The Morgan fingerprint density at radius 3 is 2.42 bits per heavy atom. The van der Waals surface area contributed by atoms with Crippen LogP contribution in [0.3, 0.4) is 0 Å². The lowest BCUT2D eigenvalue weighted by atomic mass is 9.86. The quantitative estimate of drug-likeness (QED) is 0.830. The molecular weight excluding hydrogens is 236 g/mol. The van der Waals surface area contributed by atoms with E-state index in [4.69, 9.17) is 0 Å². The van der Waals surface area contributed by atoms with Crippen molar-refractivity contribution in [2.75, 3.05) is 19.6 Å². The molecule has 0 aromatic rings. The van der Waals surface area contributed by atoms with Gasteiger partial charge in [-0.05, 0) is 31.7 Å². The van der Waals surface area contributed by atoms with Crippen LogP contribution in [-0.2, 0) is 4.79 Å². The molecule has 1 saturated heterocycles. The zero-order chi connectivity index (χ0) is 13.5. The van der Waals surface area contributed by atoms with Crippen molar-refractivity contribution >= 4 is 5.91 Å². The molecule has 2 fully saturated rings. The van der Waals surface area contributed by atoms with E-state index in [1.165, 1.54) is 32.1 Å². The Morgan fingerprint density at radius 1 is 1.11 bits per heavy atom. The smallest absolute Gasteiger partial charge is 0.222 e. The van der Waals surface area contributed by atoms with Crippen LogP contribution in [0.4, 0.5) is 0 Å². The summed E-state index contributed by atoms with van der Waals surface area (Å²) in [6, 6.07) is 0.632. The third kappa shape index (κ3) is 4.79. The summed E-state index contributed by atoms with van der Waals surface area (Å²) in [6.07, 6.45) is 11.1. The van der Waals surface area contributed by atoms with Crippen molar-refractivity contribution in [3.63, 3.8) is 0 Å². The standard InChI is InChI=1S/C16H30N2O/c1-2-17-15-10-12-18(13-11-15)16(19)9-8-14-6-4-3-5-7-14/h14-15,17H,2-13H2,1H3. The summed E-state index contributed by atoms with van der Waals surface area (Å²) in [5.41, 5.74) is 0. The maximum atomic E-state index is 12.2. The molecule has 0 bridgehead atoms. The van der Waals surface area contributed by atoms with Crippen LogP contribution in [0, 0.1) is 5.92 Å². The number of rotatable bonds is 5. The Kier molecular flexibility index (Phi) is 6.15. The molecule has 0 aromatic heterocycles. The van der Waals surface area contributed by atoms with Crippen molar-refractivity contribution in [2.24, 2.45) is 5.92 Å². The highest BCUT2D eigenvalue weighted by Gasteiger charge is 2.23. The number of nitrogens with one attached hydrogen (secondary N) is 1. The van der Waals surface area contributed by atoms with Gasteiger partial charge in [0.05, 0.1) is 0 Å². The summed E-state index contributed by atoms with van der Waals surface area (Å²) < 4.78 is 0. The number of carbonyl (C=O) groups is 1. The van der Waals surface area contributed by atoms with Gasteiger partial charge in [0.2, 0.25) is 5.91 Å². The summed E-state index contributed by atoms with van der Waals surface area (Å²) in [5, 5.41) is 3.49. The first-order valence-electron chi connectivity index (χ1n) is 8.30. The van der Waals surface area contributed by atoms with E-state index < -0.39 is 0 Å². The molecule has 0 unspecified atom stereocenters. The average Bonchev–Trinajstić information content (AvgIpc) is 2.47. The van der Waals surface area contributed by atoms with Gasteiger partial charge < -0.3 is 10.2 Å². The largest absolute Gasteiger partial charge is 0.343 e. The molecule has 2 aliphatic rings. The molecule has 0 radical (unpaired) electrons. The molecule has 3 heteroatoms. The average molecular weight is 266 g/mol. The topological polar surface area (TPSA) is 32.3 Å². The van der Waals surface area contributed by atoms with Crippen molar-refractivity contribution in [1.82, 2.24) is 10.2 Å². The van der Waals surface area contributed by atoms with Crippen molar-refractivity contribution in [1.29, 1.82) is 0 Å². The molecule has 0 atom stereocenters. The second-order valence-electron chi connectivity index (χ2n) is 6.26. The van der Waals surface area contributed by atoms with Crippen LogP contribution in [0.25, 0.3) is 0 Å². The predicted molar refractivity (Wildman–Crippen MR) is 79.1 cm³/mol. The number of hydrogen-bond donors (Lipinski definition) is 1. The molecule has 1 aliphatic carbocycles. The lowest BCUT2D eigenvalue weighted by Gasteiger charge is -2.33. The summed E-state index contributed by atoms with van der Waals surface area (Å²) in [7, 11) is 0. The Balaban J connectivity index is 1.63. The van der Waals surface area contributed by atoms with Crippen LogP contribution in [-0.4, -0.2) is 36.5 Å². The monoisotopic (exact) mass is 266 g/mol. The van der Waals surface area contributed by atoms with Gasteiger partial charge in [0.1, 0.15) is 0 Å². The van der Waals surface area contributed by atoms with Crippen LogP contribution >= 0.6 is 0 Å². The summed E-state index contributed by atoms with van der Waals surface area (Å²) in [4.78, 5) is 14.3. The van der Waals surface area contributed by atoms with Gasteiger partial charge in [-0.3, -0.25) is 4.79 Å². The van der Waals surface area contributed by atoms with Crippen LogP contribution in [0.5, 0.6) is 0 Å². The zero-order valence-corrected chi connectivity index (χ0v) is 12.5. The van der Waals surface area contributed by atoms with E-state index in [-0.39, 0.29) is 0 Å². The van der Waals surface area contributed by atoms with Crippen LogP contribution < -0.4 is 5.32 Å². The molecule has 3 nitrogen and oxygen atoms in total. The number of carbonyl (C=O) groups excluding carboxylic acids is 1. The van der Waals surface area contributed by atoms with Gasteiger partial charge in [0.15, 0.2) is 0 Å². The van der Waals surface area contributed by atoms with Crippen LogP contribution in [0.2, 0.25) is 0 Å². The molecular formula is C16H30N2O. The van der Waals surface area contributed by atoms with E-state index in [1.807, 2.05) is 0 Å². The van der Waals surface area contributed by atoms with E-state index in [2.05, 4.69) is 17.1 Å². The van der Waals surface area contributed by atoms with Crippen LogP contribution in [0.1, 0.15) is 64.7 Å². The SMILES string of the molecule is CCNC1CCN(C(=O)CCC2CCCCC2)CC1. The van der Waals surface area contributed by atoms with Crippen molar-refractivity contribution in [3.05, 3.63) is 0 Å². The minimum atomic E-state index is 0.403. The number of hydrogen-bond acceptors (Lipinski definition) is 2. The van der Waals surface area contributed by atoms with Gasteiger partial charge in [-0.15, -0.1) is 0 Å². The molecule has 1 N–H and O–H groups in total. The van der Waals surface area contributed by atoms with E-state index in [1.54, 1.807) is 0 Å². The Hall–Kier alpha value is -0.570. The maximum Gasteiger partial charge on any atom is 0.222 e. The zero-order valence-electron chi connectivity index (χ0n) is 12.5. The molecule has 2 rings (SSSR count). The van der Waals surface area contributed by atoms with Gasteiger partial charge in [0.25, 0.3) is 0 Å². The molecule has 1 saturated carbocycles. The highest BCUT2D eigenvalue weighted by atomic mass is 16.2. The first-order valence-corrected chi connectivity index (χ1v) is 8.30. The number of amides is 1. The molecule has 1 amide bonds. The third-order valence-corrected chi connectivity index (χ3v) is 4.83. The van der Waals surface area contributed by atoms with Gasteiger partial charge in [-0.2, -0.15) is 0 Å². The highest BCUT2D eigenvalue weighted by molar-refractivity contribution is 5.76. The molecule has 1 heterocycles. The van der Waals surface area contributed by atoms with E-state index in [0.717, 1.165) is 51.2 Å². The minimum absolute atomic E-state index is 0.403.